The topological polar surface area (TPSA) is 63.4 Å². The summed E-state index contributed by atoms with van der Waals surface area (Å²) in [6, 6.07) is 2.67. The highest BCUT2D eigenvalue weighted by Gasteiger charge is 2.40. The highest BCUT2D eigenvalue weighted by molar-refractivity contribution is 7.89. The molecular weight excluding hydrogens is 364 g/mol. The summed E-state index contributed by atoms with van der Waals surface area (Å²) in [4.78, 5) is -0.767. The van der Waals surface area contributed by atoms with Crippen molar-refractivity contribution in [1.82, 2.24) is 4.31 Å². The van der Waals surface area contributed by atoms with Gasteiger partial charge in [0.25, 0.3) is 0 Å². The summed E-state index contributed by atoms with van der Waals surface area (Å²) in [7, 11) is -4.21. The summed E-state index contributed by atoms with van der Waals surface area (Å²) in [6.45, 7) is 0.613. The number of alkyl halides is 3. The fourth-order valence-electron chi connectivity index (χ4n) is 2.30. The van der Waals surface area contributed by atoms with Crippen molar-refractivity contribution in [3.8, 4) is 0 Å². The minimum Gasteiger partial charge on any atom is -0.330 e. The summed E-state index contributed by atoms with van der Waals surface area (Å²) in [5.41, 5.74) is 4.23. The zero-order chi connectivity index (χ0) is 15.8. The lowest BCUT2D eigenvalue weighted by atomic mass is 10.1. The Labute approximate surface area is 137 Å². The Morgan fingerprint density at radius 1 is 1.36 bits per heavy atom. The predicted octanol–water partition coefficient (Wildman–Crippen LogP) is 2.75. The third-order valence-electron chi connectivity index (χ3n) is 3.45. The van der Waals surface area contributed by atoms with E-state index >= 15 is 0 Å². The van der Waals surface area contributed by atoms with Crippen LogP contribution in [-0.2, 0) is 16.2 Å². The minimum absolute atomic E-state index is 0. The number of nitrogens with two attached hydrogens (primary N) is 1. The van der Waals surface area contributed by atoms with Gasteiger partial charge in [-0.2, -0.15) is 17.5 Å². The van der Waals surface area contributed by atoms with E-state index in [9.17, 15) is 21.6 Å². The number of nitrogens with zero attached hydrogens (tertiary/aromatic N) is 1. The largest absolute Gasteiger partial charge is 0.417 e. The van der Waals surface area contributed by atoms with Crippen molar-refractivity contribution in [3.63, 3.8) is 0 Å². The van der Waals surface area contributed by atoms with Crippen molar-refractivity contribution in [3.05, 3.63) is 28.8 Å². The van der Waals surface area contributed by atoms with Gasteiger partial charge >= 0.3 is 6.18 Å². The van der Waals surface area contributed by atoms with Crippen LogP contribution in [0.2, 0.25) is 5.02 Å². The Kier molecular flexibility index (Phi) is 6.14. The lowest BCUT2D eigenvalue weighted by Crippen LogP contribution is -2.31. The lowest BCUT2D eigenvalue weighted by molar-refractivity contribution is -0.139. The number of rotatable bonds is 3. The summed E-state index contributed by atoms with van der Waals surface area (Å²) in [5, 5.41) is -0.164. The van der Waals surface area contributed by atoms with E-state index in [0.29, 0.717) is 19.0 Å². The average molecular weight is 379 g/mol. The van der Waals surface area contributed by atoms with Crippen molar-refractivity contribution in [2.24, 2.45) is 11.7 Å². The van der Waals surface area contributed by atoms with Crippen LogP contribution in [-0.4, -0.2) is 32.4 Å². The highest BCUT2D eigenvalue weighted by atomic mass is 35.5. The van der Waals surface area contributed by atoms with E-state index in [1.54, 1.807) is 0 Å². The second-order valence-corrected chi connectivity index (χ2v) is 7.23. The van der Waals surface area contributed by atoms with Gasteiger partial charge in [-0.25, -0.2) is 8.42 Å². The molecule has 0 aliphatic carbocycles. The molecule has 1 atom stereocenters. The molecule has 0 aromatic heterocycles. The number of sulfonamides is 1. The molecule has 126 valence electrons. The molecule has 1 fully saturated rings. The van der Waals surface area contributed by atoms with Gasteiger partial charge in [-0.15, -0.1) is 12.4 Å². The highest BCUT2D eigenvalue weighted by Crippen LogP contribution is 2.37. The minimum atomic E-state index is -4.79. The van der Waals surface area contributed by atoms with Crippen molar-refractivity contribution in [1.29, 1.82) is 0 Å². The number of hydrogen-bond acceptors (Lipinski definition) is 3. The van der Waals surface area contributed by atoms with E-state index in [1.165, 1.54) is 0 Å². The first-order valence-corrected chi connectivity index (χ1v) is 8.05. The number of benzene rings is 1. The maximum Gasteiger partial charge on any atom is 0.417 e. The molecule has 0 amide bonds. The van der Waals surface area contributed by atoms with E-state index in [-0.39, 0.29) is 36.4 Å². The fourth-order valence-corrected chi connectivity index (χ4v) is 4.19. The molecule has 22 heavy (non-hydrogen) atoms. The number of hydrogen-bond donors (Lipinski definition) is 1. The molecule has 1 unspecified atom stereocenters. The Morgan fingerprint density at radius 3 is 2.50 bits per heavy atom. The Morgan fingerprint density at radius 2 is 2.00 bits per heavy atom. The normalized spacial score (nSPS) is 20.0. The molecule has 1 aromatic rings. The average Bonchev–Trinajstić information content (AvgIpc) is 2.86. The maximum atomic E-state index is 13.0. The number of halogens is 5. The summed E-state index contributed by atoms with van der Waals surface area (Å²) in [6.07, 6.45) is -4.25. The van der Waals surface area contributed by atoms with Crippen LogP contribution in [0, 0.1) is 5.92 Å². The molecule has 0 radical (unpaired) electrons. The van der Waals surface area contributed by atoms with E-state index in [1.807, 2.05) is 0 Å². The van der Waals surface area contributed by atoms with Gasteiger partial charge in [0.15, 0.2) is 0 Å². The third kappa shape index (κ3) is 3.86. The predicted molar refractivity (Wildman–Crippen MR) is 79.6 cm³/mol. The molecule has 0 bridgehead atoms. The molecule has 2 rings (SSSR count). The standard InChI is InChI=1S/C12H14ClF3N2O2S.ClH/c13-9-1-2-11(10(5-9)12(14,15)16)21(19,20)18-4-3-8(6-17)7-18;/h1-2,5,8H,3-4,6-7,17H2;1H. The molecule has 4 nitrogen and oxygen atoms in total. The van der Waals surface area contributed by atoms with Crippen molar-refractivity contribution >= 4 is 34.0 Å². The summed E-state index contributed by atoms with van der Waals surface area (Å²) in [5.74, 6) is -0.0265. The van der Waals surface area contributed by atoms with E-state index in [0.717, 1.165) is 16.4 Å². The van der Waals surface area contributed by atoms with Gasteiger partial charge in [0.05, 0.1) is 10.5 Å². The zero-order valence-corrected chi connectivity index (χ0v) is 13.7. The van der Waals surface area contributed by atoms with Crippen molar-refractivity contribution in [2.45, 2.75) is 17.5 Å². The molecule has 2 N–H and O–H groups in total. The monoisotopic (exact) mass is 378 g/mol. The quantitative estimate of drug-likeness (QED) is 0.879. The third-order valence-corrected chi connectivity index (χ3v) is 5.61. The summed E-state index contributed by atoms with van der Waals surface area (Å²) < 4.78 is 65.0. The second-order valence-electron chi connectivity index (χ2n) is 4.89. The van der Waals surface area contributed by atoms with Crippen LogP contribution >= 0.6 is 24.0 Å². The molecule has 1 aliphatic heterocycles. The molecule has 10 heteroatoms. The first-order valence-electron chi connectivity index (χ1n) is 6.23. The zero-order valence-electron chi connectivity index (χ0n) is 11.3. The van der Waals surface area contributed by atoms with Gasteiger partial charge < -0.3 is 5.73 Å². The fraction of sp³-hybridized carbons (Fsp3) is 0.500. The van der Waals surface area contributed by atoms with Crippen LogP contribution in [0.3, 0.4) is 0 Å². The van der Waals surface area contributed by atoms with Crippen LogP contribution < -0.4 is 5.73 Å². The van der Waals surface area contributed by atoms with Crippen LogP contribution in [0.25, 0.3) is 0 Å². The van der Waals surface area contributed by atoms with Crippen molar-refractivity contribution in [2.75, 3.05) is 19.6 Å². The van der Waals surface area contributed by atoms with Gasteiger partial charge in [-0.1, -0.05) is 11.6 Å². The first kappa shape index (κ1) is 19.5. The van der Waals surface area contributed by atoms with Gasteiger partial charge in [-0.3, -0.25) is 0 Å². The second kappa shape index (κ2) is 6.92. The lowest BCUT2D eigenvalue weighted by Gasteiger charge is -2.20. The maximum absolute atomic E-state index is 13.0. The molecule has 1 saturated heterocycles. The Hall–Kier alpha value is -0.540. The SMILES string of the molecule is Cl.NCC1CCN(S(=O)(=O)c2ccc(Cl)cc2C(F)(F)F)C1. The molecule has 0 spiro atoms. The summed E-state index contributed by atoms with van der Waals surface area (Å²) >= 11 is 5.55. The molecule has 1 heterocycles. The van der Waals surface area contributed by atoms with Gasteiger partial charge in [-0.05, 0) is 37.1 Å². The van der Waals surface area contributed by atoms with Crippen LogP contribution in [0.4, 0.5) is 13.2 Å². The van der Waals surface area contributed by atoms with Crippen LogP contribution in [0.5, 0.6) is 0 Å². The molecule has 1 aromatic carbocycles. The smallest absolute Gasteiger partial charge is 0.330 e. The van der Waals surface area contributed by atoms with Gasteiger partial charge in [0.2, 0.25) is 10.0 Å². The Balaban J connectivity index is 0.00000242. The molecule has 0 saturated carbocycles. The Bertz CT molecular complexity index is 638. The molecular formula is C12H15Cl2F3N2O2S. The van der Waals surface area contributed by atoms with E-state index in [4.69, 9.17) is 17.3 Å². The van der Waals surface area contributed by atoms with Crippen molar-refractivity contribution < 1.29 is 21.6 Å². The first-order chi connectivity index (χ1) is 9.66. The van der Waals surface area contributed by atoms with Crippen LogP contribution in [0.15, 0.2) is 23.1 Å². The van der Waals surface area contributed by atoms with Gasteiger partial charge in [0.1, 0.15) is 0 Å². The van der Waals surface area contributed by atoms with Crippen LogP contribution in [0.1, 0.15) is 12.0 Å². The van der Waals surface area contributed by atoms with E-state index < -0.39 is 26.7 Å². The van der Waals surface area contributed by atoms with E-state index in [2.05, 4.69) is 0 Å². The van der Waals surface area contributed by atoms with Gasteiger partial charge in [0, 0.05) is 18.1 Å². The molecule has 1 aliphatic rings.